The maximum Gasteiger partial charge on any atom is 0.243 e. The van der Waals surface area contributed by atoms with E-state index in [1.807, 2.05) is 50.1 Å². The number of amides is 2. The molecule has 0 radical (unpaired) electrons. The molecule has 0 bridgehead atoms. The Kier molecular flexibility index (Phi) is 8.29. The predicted octanol–water partition coefficient (Wildman–Crippen LogP) is 3.02. The molecule has 0 spiro atoms. The lowest BCUT2D eigenvalue weighted by atomic mass is 10.2. The molecule has 0 aliphatic rings. The first kappa shape index (κ1) is 21.7. The summed E-state index contributed by atoms with van der Waals surface area (Å²) in [6.45, 7) is 4.98. The van der Waals surface area contributed by atoms with E-state index in [4.69, 9.17) is 16.3 Å². The molecule has 0 atom stereocenters. The number of carbonyl (C=O) groups is 2. The van der Waals surface area contributed by atoms with Crippen LogP contribution in [0.25, 0.3) is 0 Å². The largest absolute Gasteiger partial charge is 0.492 e. The smallest absolute Gasteiger partial charge is 0.243 e. The number of halogens is 1. The van der Waals surface area contributed by atoms with Crippen molar-refractivity contribution in [1.29, 1.82) is 0 Å². The first-order valence-electron chi connectivity index (χ1n) is 9.05. The predicted molar refractivity (Wildman–Crippen MR) is 112 cm³/mol. The molecule has 0 saturated carbocycles. The molecular weight excluding hydrogens is 378 g/mol. The minimum atomic E-state index is -0.302. The first-order valence-corrected chi connectivity index (χ1v) is 9.42. The molecule has 0 aliphatic heterocycles. The van der Waals surface area contributed by atoms with Crippen molar-refractivity contribution in [2.24, 2.45) is 0 Å². The maximum atomic E-state index is 12.0. The lowest BCUT2D eigenvalue weighted by Gasteiger charge is -2.17. The van der Waals surface area contributed by atoms with E-state index in [0.717, 1.165) is 16.9 Å². The number of hydrogen-bond acceptors (Lipinski definition) is 4. The Morgan fingerprint density at radius 2 is 1.86 bits per heavy atom. The number of benzene rings is 2. The highest BCUT2D eigenvalue weighted by Crippen LogP contribution is 2.22. The van der Waals surface area contributed by atoms with Crippen molar-refractivity contribution >= 4 is 29.1 Å². The number of hydrogen-bond donors (Lipinski definition) is 2. The van der Waals surface area contributed by atoms with Crippen LogP contribution < -0.4 is 15.4 Å². The Bertz CT molecular complexity index is 826. The van der Waals surface area contributed by atoms with Gasteiger partial charge < -0.3 is 15.4 Å². The van der Waals surface area contributed by atoms with Gasteiger partial charge in [0.05, 0.1) is 13.1 Å². The molecule has 2 aromatic rings. The lowest BCUT2D eigenvalue weighted by molar-refractivity contribution is -0.124. The summed E-state index contributed by atoms with van der Waals surface area (Å²) in [7, 11) is 1.83. The maximum absolute atomic E-state index is 12.0. The lowest BCUT2D eigenvalue weighted by Crippen LogP contribution is -2.40. The van der Waals surface area contributed by atoms with Crippen molar-refractivity contribution in [3.05, 3.63) is 58.6 Å². The monoisotopic (exact) mass is 403 g/mol. The average molecular weight is 404 g/mol. The second kappa shape index (κ2) is 10.7. The minimum absolute atomic E-state index is 0.0988. The molecule has 7 heteroatoms. The molecule has 150 valence electrons. The summed E-state index contributed by atoms with van der Waals surface area (Å²) in [5, 5.41) is 5.94. The van der Waals surface area contributed by atoms with Gasteiger partial charge in [-0.1, -0.05) is 29.8 Å². The van der Waals surface area contributed by atoms with Gasteiger partial charge in [-0.15, -0.1) is 0 Å². The Morgan fingerprint density at radius 1 is 1.11 bits per heavy atom. The van der Waals surface area contributed by atoms with Crippen LogP contribution in [0.2, 0.25) is 5.02 Å². The van der Waals surface area contributed by atoms with Crippen LogP contribution in [0, 0.1) is 13.8 Å². The summed E-state index contributed by atoms with van der Waals surface area (Å²) in [6, 6.07) is 13.1. The average Bonchev–Trinajstić information content (AvgIpc) is 2.64. The van der Waals surface area contributed by atoms with Crippen LogP contribution in [0.1, 0.15) is 11.1 Å². The Hall–Kier alpha value is -2.57. The molecule has 0 aromatic heterocycles. The number of rotatable bonds is 9. The van der Waals surface area contributed by atoms with E-state index < -0.39 is 0 Å². The van der Waals surface area contributed by atoms with Gasteiger partial charge in [-0.3, -0.25) is 14.5 Å². The second-order valence-corrected chi connectivity index (χ2v) is 7.05. The van der Waals surface area contributed by atoms with Crippen LogP contribution in [0.3, 0.4) is 0 Å². The first-order chi connectivity index (χ1) is 13.3. The molecule has 0 unspecified atom stereocenters. The third-order valence-corrected chi connectivity index (χ3v) is 4.54. The summed E-state index contributed by atoms with van der Waals surface area (Å²) in [4.78, 5) is 25.9. The number of ether oxygens (including phenoxy) is 1. The van der Waals surface area contributed by atoms with E-state index in [2.05, 4.69) is 10.6 Å². The second-order valence-electron chi connectivity index (χ2n) is 6.64. The topological polar surface area (TPSA) is 70.7 Å². The normalized spacial score (nSPS) is 10.6. The molecular formula is C21H26ClN3O3. The number of aryl methyl sites for hydroxylation is 1. The number of nitrogens with zero attached hydrogens (tertiary/aromatic N) is 1. The van der Waals surface area contributed by atoms with Gasteiger partial charge in [-0.2, -0.15) is 0 Å². The zero-order valence-electron chi connectivity index (χ0n) is 16.4. The summed E-state index contributed by atoms with van der Waals surface area (Å²) < 4.78 is 5.68. The van der Waals surface area contributed by atoms with Gasteiger partial charge in [0.25, 0.3) is 0 Å². The highest BCUT2D eigenvalue weighted by molar-refractivity contribution is 6.31. The van der Waals surface area contributed by atoms with Crippen molar-refractivity contribution in [2.45, 2.75) is 13.8 Å². The van der Waals surface area contributed by atoms with E-state index in [9.17, 15) is 9.59 Å². The van der Waals surface area contributed by atoms with E-state index in [1.54, 1.807) is 18.2 Å². The van der Waals surface area contributed by atoms with Crippen LogP contribution in [-0.4, -0.2) is 50.0 Å². The van der Waals surface area contributed by atoms with Gasteiger partial charge in [0, 0.05) is 17.3 Å². The van der Waals surface area contributed by atoms with Gasteiger partial charge in [0.15, 0.2) is 0 Å². The van der Waals surface area contributed by atoms with E-state index in [1.165, 1.54) is 0 Å². The molecule has 0 saturated heterocycles. The highest BCUT2D eigenvalue weighted by Gasteiger charge is 2.10. The van der Waals surface area contributed by atoms with Crippen LogP contribution in [0.4, 0.5) is 5.69 Å². The number of nitrogens with one attached hydrogen (secondary N) is 2. The molecule has 6 nitrogen and oxygen atoms in total. The van der Waals surface area contributed by atoms with Crippen LogP contribution in [0.5, 0.6) is 5.75 Å². The van der Waals surface area contributed by atoms with Crippen molar-refractivity contribution < 1.29 is 14.3 Å². The van der Waals surface area contributed by atoms with Gasteiger partial charge in [-0.05, 0) is 56.3 Å². The van der Waals surface area contributed by atoms with Gasteiger partial charge in [-0.25, -0.2) is 0 Å². The van der Waals surface area contributed by atoms with Crippen molar-refractivity contribution in [3.8, 4) is 5.75 Å². The van der Waals surface area contributed by atoms with E-state index in [0.29, 0.717) is 23.9 Å². The van der Waals surface area contributed by atoms with Crippen molar-refractivity contribution in [3.63, 3.8) is 0 Å². The SMILES string of the molecule is Cc1cccc(OCCN(C)CC(=O)NCC(=O)Nc2cccc(Cl)c2C)c1. The van der Waals surface area contributed by atoms with Gasteiger partial charge in [0.2, 0.25) is 11.8 Å². The minimum Gasteiger partial charge on any atom is -0.492 e. The van der Waals surface area contributed by atoms with Crippen molar-refractivity contribution in [1.82, 2.24) is 10.2 Å². The Morgan fingerprint density at radius 3 is 2.61 bits per heavy atom. The molecule has 0 aliphatic carbocycles. The molecule has 0 heterocycles. The molecule has 28 heavy (non-hydrogen) atoms. The summed E-state index contributed by atoms with van der Waals surface area (Å²) in [5.41, 5.74) is 2.56. The quantitative estimate of drug-likeness (QED) is 0.675. The summed E-state index contributed by atoms with van der Waals surface area (Å²) in [5.74, 6) is 0.283. The fraction of sp³-hybridized carbons (Fsp3) is 0.333. The van der Waals surface area contributed by atoms with E-state index >= 15 is 0 Å². The van der Waals surface area contributed by atoms with Gasteiger partial charge >= 0.3 is 0 Å². The fourth-order valence-electron chi connectivity index (χ4n) is 2.52. The Labute approximate surface area is 170 Å². The summed E-state index contributed by atoms with van der Waals surface area (Å²) >= 11 is 6.03. The molecule has 0 fully saturated rings. The van der Waals surface area contributed by atoms with Crippen LogP contribution in [-0.2, 0) is 9.59 Å². The number of likely N-dealkylation sites (N-methyl/N-ethyl adjacent to an activating group) is 1. The van der Waals surface area contributed by atoms with Crippen molar-refractivity contribution in [2.75, 3.05) is 38.6 Å². The third kappa shape index (κ3) is 7.21. The molecule has 2 rings (SSSR count). The van der Waals surface area contributed by atoms with Gasteiger partial charge in [0.1, 0.15) is 12.4 Å². The Balaban J connectivity index is 1.67. The molecule has 2 aromatic carbocycles. The zero-order valence-corrected chi connectivity index (χ0v) is 17.2. The van der Waals surface area contributed by atoms with Crippen LogP contribution >= 0.6 is 11.6 Å². The molecule has 2 amide bonds. The highest BCUT2D eigenvalue weighted by atomic mass is 35.5. The summed E-state index contributed by atoms with van der Waals surface area (Å²) in [6.07, 6.45) is 0. The van der Waals surface area contributed by atoms with E-state index in [-0.39, 0.29) is 24.9 Å². The number of anilines is 1. The van der Waals surface area contributed by atoms with Crippen LogP contribution in [0.15, 0.2) is 42.5 Å². The number of carbonyl (C=O) groups excluding carboxylic acids is 2. The zero-order chi connectivity index (χ0) is 20.5. The molecule has 2 N–H and O–H groups in total. The third-order valence-electron chi connectivity index (χ3n) is 4.13. The standard InChI is InChI=1S/C21H26ClN3O3/c1-15-6-4-7-17(12-15)28-11-10-25(3)14-21(27)23-13-20(26)24-19-9-5-8-18(22)16(19)2/h4-9,12H,10-11,13-14H2,1-3H3,(H,23,27)(H,24,26). The fourth-order valence-corrected chi connectivity index (χ4v) is 2.70.